The average Bonchev–Trinajstić information content (AvgIpc) is 3.24. The molecule has 0 spiro atoms. The van der Waals surface area contributed by atoms with Crippen molar-refractivity contribution in [2.24, 2.45) is 0 Å². The molecule has 2 aromatic heterocycles. The van der Waals surface area contributed by atoms with Gasteiger partial charge < -0.3 is 4.90 Å². The Kier molecular flexibility index (Phi) is 5.74. The first-order valence-electron chi connectivity index (χ1n) is 11.1. The minimum Gasteiger partial charge on any atom is -0.304 e. The third-order valence-corrected chi connectivity index (χ3v) is 6.36. The summed E-state index contributed by atoms with van der Waals surface area (Å²) in [5.41, 5.74) is 3.08. The summed E-state index contributed by atoms with van der Waals surface area (Å²) in [6, 6.07) is 18.1. The minimum atomic E-state index is 0.0236. The lowest BCUT2D eigenvalue weighted by Crippen LogP contribution is -2.46. The first-order chi connectivity index (χ1) is 16.1. The van der Waals surface area contributed by atoms with Gasteiger partial charge in [-0.1, -0.05) is 36.4 Å². The van der Waals surface area contributed by atoms with Crippen molar-refractivity contribution >= 4 is 39.2 Å². The molecule has 3 heterocycles. The molecule has 1 aliphatic rings. The number of aromatic nitrogens is 2. The number of hydrogen-bond acceptors (Lipinski definition) is 5. The van der Waals surface area contributed by atoms with Gasteiger partial charge in [-0.15, -0.1) is 0 Å². The molecular weight excluding hydrogens is 410 g/mol. The van der Waals surface area contributed by atoms with Gasteiger partial charge in [-0.25, -0.2) is 0 Å². The van der Waals surface area contributed by atoms with Gasteiger partial charge in [0.05, 0.1) is 23.7 Å². The highest BCUT2D eigenvalue weighted by atomic mass is 16.2. The van der Waals surface area contributed by atoms with E-state index in [1.807, 2.05) is 67.0 Å². The molecule has 0 amide bonds. The Labute approximate surface area is 193 Å². The molecule has 0 radical (unpaired) electrons. The number of para-hydroxylation sites is 1. The van der Waals surface area contributed by atoms with E-state index >= 15 is 0 Å². The van der Waals surface area contributed by atoms with Crippen LogP contribution in [0.2, 0.25) is 0 Å². The highest BCUT2D eigenvalue weighted by Crippen LogP contribution is 2.30. The molecular formula is C27H25N5O. The van der Waals surface area contributed by atoms with Crippen LogP contribution in [0, 0.1) is 11.3 Å². The van der Waals surface area contributed by atoms with Crippen molar-refractivity contribution in [2.75, 3.05) is 39.8 Å². The summed E-state index contributed by atoms with van der Waals surface area (Å²) in [6.45, 7) is 4.06. The normalized spacial score (nSPS) is 15.7. The van der Waals surface area contributed by atoms with E-state index in [-0.39, 0.29) is 5.91 Å². The fourth-order valence-corrected chi connectivity index (χ4v) is 4.47. The summed E-state index contributed by atoms with van der Waals surface area (Å²) in [6.07, 6.45) is 7.31. The van der Waals surface area contributed by atoms with Crippen molar-refractivity contribution in [1.82, 2.24) is 19.4 Å². The van der Waals surface area contributed by atoms with Crippen LogP contribution < -0.4 is 0 Å². The molecule has 1 fully saturated rings. The predicted molar refractivity (Wildman–Crippen MR) is 132 cm³/mol. The molecule has 0 saturated carbocycles. The molecule has 5 rings (SSSR count). The molecule has 0 bridgehead atoms. The zero-order valence-electron chi connectivity index (χ0n) is 18.6. The number of nitriles is 1. The first kappa shape index (κ1) is 21.1. The molecule has 4 aromatic rings. The van der Waals surface area contributed by atoms with E-state index in [0.717, 1.165) is 59.0 Å². The van der Waals surface area contributed by atoms with Gasteiger partial charge in [-0.2, -0.15) is 5.26 Å². The molecule has 0 N–H and O–H groups in total. The number of likely N-dealkylation sites (N-methyl/N-ethyl adjacent to an activating group) is 1. The minimum absolute atomic E-state index is 0.0236. The topological polar surface area (TPSA) is 65.2 Å². The van der Waals surface area contributed by atoms with E-state index in [2.05, 4.69) is 27.9 Å². The van der Waals surface area contributed by atoms with Gasteiger partial charge in [0.2, 0.25) is 5.91 Å². The van der Waals surface area contributed by atoms with Crippen LogP contribution in [0.15, 0.2) is 67.1 Å². The van der Waals surface area contributed by atoms with Crippen LogP contribution in [-0.2, 0) is 0 Å². The maximum absolute atomic E-state index is 13.3. The molecule has 6 heteroatoms. The lowest BCUT2D eigenvalue weighted by atomic mass is 10.00. The Balaban J connectivity index is 1.55. The predicted octanol–water partition coefficient (Wildman–Crippen LogP) is 4.14. The average molecular weight is 436 g/mol. The zero-order valence-corrected chi connectivity index (χ0v) is 18.6. The van der Waals surface area contributed by atoms with Gasteiger partial charge in [0.1, 0.15) is 0 Å². The first-order valence-corrected chi connectivity index (χ1v) is 11.1. The van der Waals surface area contributed by atoms with Crippen LogP contribution in [0.4, 0.5) is 0 Å². The van der Waals surface area contributed by atoms with Crippen molar-refractivity contribution < 1.29 is 4.79 Å². The third-order valence-electron chi connectivity index (χ3n) is 6.36. The highest BCUT2D eigenvalue weighted by molar-refractivity contribution is 6.06. The molecule has 1 aliphatic heterocycles. The Morgan fingerprint density at radius 1 is 1.06 bits per heavy atom. The maximum Gasteiger partial charge on any atom is 0.245 e. The third kappa shape index (κ3) is 4.17. The van der Waals surface area contributed by atoms with Crippen LogP contribution in [0.5, 0.6) is 0 Å². The molecule has 6 nitrogen and oxygen atoms in total. The van der Waals surface area contributed by atoms with Crippen LogP contribution in [-0.4, -0.2) is 65.0 Å². The number of fused-ring (bicyclic) bond motifs is 2. The fourth-order valence-electron chi connectivity index (χ4n) is 4.47. The number of nitrogens with zero attached hydrogens (tertiary/aromatic N) is 5. The van der Waals surface area contributed by atoms with Crippen LogP contribution in [0.25, 0.3) is 33.3 Å². The molecule has 2 aromatic carbocycles. The van der Waals surface area contributed by atoms with Crippen molar-refractivity contribution in [2.45, 2.75) is 0 Å². The van der Waals surface area contributed by atoms with Gasteiger partial charge in [-0.3, -0.25) is 19.2 Å². The van der Waals surface area contributed by atoms with Crippen molar-refractivity contribution in [3.8, 4) is 6.07 Å². The monoisotopic (exact) mass is 435 g/mol. The van der Waals surface area contributed by atoms with Crippen molar-refractivity contribution in [3.05, 3.63) is 78.2 Å². The van der Waals surface area contributed by atoms with Gasteiger partial charge in [0, 0.05) is 61.1 Å². The van der Waals surface area contributed by atoms with Crippen LogP contribution in [0.1, 0.15) is 15.9 Å². The van der Waals surface area contributed by atoms with Crippen molar-refractivity contribution in [3.63, 3.8) is 0 Å². The van der Waals surface area contributed by atoms with E-state index < -0.39 is 0 Å². The molecule has 33 heavy (non-hydrogen) atoms. The molecule has 164 valence electrons. The number of pyridine rings is 1. The highest BCUT2D eigenvalue weighted by Gasteiger charge is 2.20. The molecule has 1 saturated heterocycles. The van der Waals surface area contributed by atoms with E-state index in [4.69, 9.17) is 0 Å². The van der Waals surface area contributed by atoms with Crippen LogP contribution in [0.3, 0.4) is 0 Å². The number of allylic oxidation sites excluding steroid dienone is 1. The Hall–Kier alpha value is -3.79. The quantitative estimate of drug-likeness (QED) is 0.451. The second-order valence-electron chi connectivity index (χ2n) is 8.52. The van der Waals surface area contributed by atoms with Gasteiger partial charge in [-0.05, 0) is 36.2 Å². The van der Waals surface area contributed by atoms with E-state index in [9.17, 15) is 10.1 Å². The second kappa shape index (κ2) is 8.99. The number of carbonyl (C=O) groups excluding carboxylic acids is 1. The van der Waals surface area contributed by atoms with Gasteiger partial charge in [0.15, 0.2) is 0 Å². The van der Waals surface area contributed by atoms with Crippen molar-refractivity contribution in [1.29, 1.82) is 5.26 Å². The SMILES string of the molecule is CN1CCN(CC(=O)n2cc(C(C#N)=Cc3cccc4cnccc34)c3ccccc32)CC1. The summed E-state index contributed by atoms with van der Waals surface area (Å²) >= 11 is 0. The molecule has 0 unspecified atom stereocenters. The Morgan fingerprint density at radius 3 is 2.70 bits per heavy atom. The molecule has 0 atom stereocenters. The summed E-state index contributed by atoms with van der Waals surface area (Å²) < 4.78 is 1.71. The fraction of sp³-hybridized carbons (Fsp3) is 0.222. The molecule has 0 aliphatic carbocycles. The number of carbonyl (C=O) groups is 1. The van der Waals surface area contributed by atoms with Crippen LogP contribution >= 0.6 is 0 Å². The summed E-state index contributed by atoms with van der Waals surface area (Å²) in [7, 11) is 2.10. The lowest BCUT2D eigenvalue weighted by Gasteiger charge is -2.31. The number of rotatable bonds is 4. The summed E-state index contributed by atoms with van der Waals surface area (Å²) in [4.78, 5) is 21.9. The number of benzene rings is 2. The van der Waals surface area contributed by atoms with E-state index in [1.54, 1.807) is 10.8 Å². The second-order valence-corrected chi connectivity index (χ2v) is 8.52. The Morgan fingerprint density at radius 2 is 1.88 bits per heavy atom. The Bertz CT molecular complexity index is 1400. The smallest absolute Gasteiger partial charge is 0.245 e. The number of piperazine rings is 1. The lowest BCUT2D eigenvalue weighted by molar-refractivity contribution is 0.0801. The van der Waals surface area contributed by atoms with E-state index in [0.29, 0.717) is 12.1 Å². The van der Waals surface area contributed by atoms with Gasteiger partial charge >= 0.3 is 0 Å². The summed E-state index contributed by atoms with van der Waals surface area (Å²) in [5.74, 6) is 0.0236. The maximum atomic E-state index is 13.3. The zero-order chi connectivity index (χ0) is 22.8. The number of hydrogen-bond donors (Lipinski definition) is 0. The van der Waals surface area contributed by atoms with Gasteiger partial charge in [0.25, 0.3) is 0 Å². The largest absolute Gasteiger partial charge is 0.304 e. The van der Waals surface area contributed by atoms with E-state index in [1.165, 1.54) is 0 Å². The summed E-state index contributed by atoms with van der Waals surface area (Å²) in [5, 5.41) is 13.0. The standard InChI is InChI=1S/C27H25N5O/c1-30-11-13-31(14-12-30)19-27(33)32-18-25(24-7-2-3-8-26(24)32)22(16-28)15-20-5-4-6-21-17-29-10-9-23(20)21/h2-10,15,17-18H,11-14,19H2,1H3.